The van der Waals surface area contributed by atoms with Crippen molar-refractivity contribution in [2.75, 3.05) is 6.61 Å². The van der Waals surface area contributed by atoms with E-state index in [1.807, 2.05) is 6.92 Å². The molecule has 0 radical (unpaired) electrons. The van der Waals surface area contributed by atoms with Crippen LogP contribution in [0.15, 0.2) is 4.52 Å². The van der Waals surface area contributed by atoms with Gasteiger partial charge >= 0.3 is 0 Å². The first-order valence-corrected chi connectivity index (χ1v) is 6.45. The zero-order valence-electron chi connectivity index (χ0n) is 10.6. The second-order valence-corrected chi connectivity index (χ2v) is 4.61. The summed E-state index contributed by atoms with van der Waals surface area (Å²) in [7, 11) is 0. The van der Waals surface area contributed by atoms with Gasteiger partial charge in [0.05, 0.1) is 0 Å². The number of aromatic nitrogens is 2. The monoisotopic (exact) mass is 239 g/mol. The fourth-order valence-electron chi connectivity index (χ4n) is 2.36. The summed E-state index contributed by atoms with van der Waals surface area (Å²) in [6.45, 7) is 4.69. The van der Waals surface area contributed by atoms with Crippen LogP contribution in [0.4, 0.5) is 0 Å². The van der Waals surface area contributed by atoms with Crippen LogP contribution in [0.5, 0.6) is 0 Å². The van der Waals surface area contributed by atoms with Crippen LogP contribution in [0.25, 0.3) is 0 Å². The average Bonchev–Trinajstić information content (AvgIpc) is 2.94. The van der Waals surface area contributed by atoms with Gasteiger partial charge in [-0.25, -0.2) is 0 Å². The number of rotatable bonds is 5. The van der Waals surface area contributed by atoms with E-state index in [-0.39, 0.29) is 12.1 Å². The van der Waals surface area contributed by atoms with Crippen molar-refractivity contribution in [1.82, 2.24) is 10.1 Å². The molecule has 1 heterocycles. The molecule has 0 saturated heterocycles. The molecule has 2 rings (SSSR count). The van der Waals surface area contributed by atoms with Crippen LogP contribution in [-0.4, -0.2) is 22.8 Å². The third-order valence-corrected chi connectivity index (χ3v) is 3.31. The predicted molar refractivity (Wildman–Crippen MR) is 63.5 cm³/mol. The van der Waals surface area contributed by atoms with Crippen LogP contribution >= 0.6 is 0 Å². The molecular weight excluding hydrogens is 218 g/mol. The molecule has 17 heavy (non-hydrogen) atoms. The number of hydrogen-bond donors (Lipinski definition) is 1. The van der Waals surface area contributed by atoms with E-state index >= 15 is 0 Å². The fourth-order valence-corrected chi connectivity index (χ4v) is 2.36. The molecule has 1 aromatic heterocycles. The van der Waals surface area contributed by atoms with E-state index < -0.39 is 0 Å². The summed E-state index contributed by atoms with van der Waals surface area (Å²) in [5, 5.41) is 4.02. The maximum Gasteiger partial charge on any atom is 0.229 e. The molecule has 5 nitrogen and oxygen atoms in total. The zero-order valence-corrected chi connectivity index (χ0v) is 10.6. The number of nitrogens with two attached hydrogens (primary N) is 1. The lowest BCUT2D eigenvalue weighted by Crippen LogP contribution is -2.14. The summed E-state index contributed by atoms with van der Waals surface area (Å²) in [6.07, 6.45) is 3.86. The predicted octanol–water partition coefficient (Wildman–Crippen LogP) is 2.15. The number of ether oxygens (including phenoxy) is 1. The summed E-state index contributed by atoms with van der Waals surface area (Å²) in [5.74, 6) is 1.74. The van der Waals surface area contributed by atoms with E-state index in [1.54, 1.807) is 0 Å². The van der Waals surface area contributed by atoms with Gasteiger partial charge in [0.25, 0.3) is 0 Å². The molecule has 1 unspecified atom stereocenters. The molecule has 0 bridgehead atoms. The van der Waals surface area contributed by atoms with Crippen molar-refractivity contribution in [2.45, 2.75) is 57.6 Å². The van der Waals surface area contributed by atoms with Crippen molar-refractivity contribution in [3.8, 4) is 0 Å². The minimum absolute atomic E-state index is 0.0485. The topological polar surface area (TPSA) is 74.2 Å². The highest BCUT2D eigenvalue weighted by Crippen LogP contribution is 2.33. The number of nitrogens with zero attached hydrogens (tertiary/aromatic N) is 2. The normalized spacial score (nSPS) is 26.3. The highest BCUT2D eigenvalue weighted by Gasteiger charge is 2.28. The summed E-state index contributed by atoms with van der Waals surface area (Å²) in [6, 6.07) is 0.282. The van der Waals surface area contributed by atoms with Gasteiger partial charge in [-0.1, -0.05) is 12.1 Å². The third kappa shape index (κ3) is 2.84. The van der Waals surface area contributed by atoms with E-state index in [0.29, 0.717) is 18.3 Å². The molecule has 1 saturated carbocycles. The van der Waals surface area contributed by atoms with E-state index in [2.05, 4.69) is 17.1 Å². The summed E-state index contributed by atoms with van der Waals surface area (Å²) in [5.41, 5.74) is 5.89. The quantitative estimate of drug-likeness (QED) is 0.852. The molecule has 96 valence electrons. The lowest BCUT2D eigenvalue weighted by Gasteiger charge is -2.09. The SMILES string of the molecule is CCOC(CC)c1noc([C@@H]2CC[C@H](N)C2)n1. The van der Waals surface area contributed by atoms with Crippen LogP contribution in [0.1, 0.15) is 63.3 Å². The molecule has 1 fully saturated rings. The minimum atomic E-state index is -0.0485. The maximum atomic E-state index is 5.89. The Labute approximate surface area is 102 Å². The van der Waals surface area contributed by atoms with Gasteiger partial charge in [-0.05, 0) is 32.6 Å². The van der Waals surface area contributed by atoms with Crippen LogP contribution in [0, 0.1) is 0 Å². The zero-order chi connectivity index (χ0) is 12.3. The van der Waals surface area contributed by atoms with Gasteiger partial charge < -0.3 is 15.0 Å². The van der Waals surface area contributed by atoms with Gasteiger partial charge in [0, 0.05) is 18.6 Å². The van der Waals surface area contributed by atoms with Crippen molar-refractivity contribution in [2.24, 2.45) is 5.73 Å². The standard InChI is InChI=1S/C12H21N3O2/c1-3-10(16-4-2)11-14-12(17-15-11)8-5-6-9(13)7-8/h8-10H,3-7,13H2,1-2H3/t8-,9+,10?/m1/s1. The Morgan fingerprint density at radius 2 is 2.29 bits per heavy atom. The lowest BCUT2D eigenvalue weighted by atomic mass is 10.1. The molecule has 2 N–H and O–H groups in total. The van der Waals surface area contributed by atoms with Crippen molar-refractivity contribution in [1.29, 1.82) is 0 Å². The van der Waals surface area contributed by atoms with Gasteiger partial charge in [0.2, 0.25) is 11.7 Å². The van der Waals surface area contributed by atoms with Gasteiger partial charge in [0.15, 0.2) is 0 Å². The van der Waals surface area contributed by atoms with E-state index in [9.17, 15) is 0 Å². The van der Waals surface area contributed by atoms with Crippen LogP contribution in [0.3, 0.4) is 0 Å². The number of hydrogen-bond acceptors (Lipinski definition) is 5. The first-order valence-electron chi connectivity index (χ1n) is 6.45. The van der Waals surface area contributed by atoms with Gasteiger partial charge in [-0.2, -0.15) is 4.98 Å². The molecule has 1 aliphatic carbocycles. The Kier molecular flexibility index (Phi) is 4.12. The van der Waals surface area contributed by atoms with Crippen LogP contribution in [0.2, 0.25) is 0 Å². The second-order valence-electron chi connectivity index (χ2n) is 4.61. The van der Waals surface area contributed by atoms with E-state index in [1.165, 1.54) is 0 Å². The summed E-state index contributed by atoms with van der Waals surface area (Å²) in [4.78, 5) is 4.46. The van der Waals surface area contributed by atoms with Gasteiger partial charge in [-0.3, -0.25) is 0 Å². The first kappa shape index (κ1) is 12.5. The molecule has 0 aliphatic heterocycles. The average molecular weight is 239 g/mol. The fraction of sp³-hybridized carbons (Fsp3) is 0.833. The van der Waals surface area contributed by atoms with E-state index in [4.69, 9.17) is 15.0 Å². The molecular formula is C12H21N3O2. The largest absolute Gasteiger partial charge is 0.370 e. The molecule has 5 heteroatoms. The van der Waals surface area contributed by atoms with Crippen molar-refractivity contribution >= 4 is 0 Å². The Morgan fingerprint density at radius 1 is 1.47 bits per heavy atom. The smallest absolute Gasteiger partial charge is 0.229 e. The third-order valence-electron chi connectivity index (χ3n) is 3.31. The molecule has 0 spiro atoms. The molecule has 3 atom stereocenters. The first-order chi connectivity index (χ1) is 8.24. The molecule has 1 aliphatic rings. The Hall–Kier alpha value is -0.940. The Bertz CT molecular complexity index is 335. The Morgan fingerprint density at radius 3 is 2.88 bits per heavy atom. The highest BCUT2D eigenvalue weighted by atomic mass is 16.5. The van der Waals surface area contributed by atoms with Crippen LogP contribution in [-0.2, 0) is 4.74 Å². The van der Waals surface area contributed by atoms with E-state index in [0.717, 1.165) is 31.6 Å². The minimum Gasteiger partial charge on any atom is -0.370 e. The van der Waals surface area contributed by atoms with Gasteiger partial charge in [0.1, 0.15) is 6.10 Å². The molecule has 1 aromatic rings. The van der Waals surface area contributed by atoms with Crippen molar-refractivity contribution < 1.29 is 9.26 Å². The summed E-state index contributed by atoms with van der Waals surface area (Å²) < 4.78 is 10.9. The van der Waals surface area contributed by atoms with Gasteiger partial charge in [-0.15, -0.1) is 0 Å². The van der Waals surface area contributed by atoms with Crippen molar-refractivity contribution in [3.63, 3.8) is 0 Å². The van der Waals surface area contributed by atoms with Crippen LogP contribution < -0.4 is 5.73 Å². The Balaban J connectivity index is 2.04. The molecule has 0 amide bonds. The second kappa shape index (κ2) is 5.60. The molecule has 0 aromatic carbocycles. The van der Waals surface area contributed by atoms with Crippen molar-refractivity contribution in [3.05, 3.63) is 11.7 Å². The summed E-state index contributed by atoms with van der Waals surface area (Å²) >= 11 is 0. The highest BCUT2D eigenvalue weighted by molar-refractivity contribution is 5.00. The maximum absolute atomic E-state index is 5.89. The lowest BCUT2D eigenvalue weighted by molar-refractivity contribution is 0.0518.